The highest BCUT2D eigenvalue weighted by Gasteiger charge is 2.48. The molecule has 0 saturated heterocycles. The molecule has 1 N–H and O–H groups in total. The fourth-order valence-corrected chi connectivity index (χ4v) is 1.80. The van der Waals surface area contributed by atoms with Gasteiger partial charge in [-0.2, -0.15) is 0 Å². The highest BCUT2D eigenvalue weighted by atomic mass is 35.5. The molecule has 0 amide bonds. The number of carbonyl (C=O) groups is 2. The number of carbonyl (C=O) groups excluding carboxylic acids is 1. The van der Waals surface area contributed by atoms with Crippen molar-refractivity contribution in [1.29, 1.82) is 0 Å². The van der Waals surface area contributed by atoms with Crippen LogP contribution in [0.25, 0.3) is 0 Å². The van der Waals surface area contributed by atoms with Gasteiger partial charge < -0.3 is 5.11 Å². The number of carboxylic acid groups (broad SMARTS) is 1. The summed E-state index contributed by atoms with van der Waals surface area (Å²) in [6.07, 6.45) is 0.445. The van der Waals surface area contributed by atoms with Crippen molar-refractivity contribution in [2.45, 2.75) is 6.42 Å². The van der Waals surface area contributed by atoms with E-state index >= 15 is 0 Å². The topological polar surface area (TPSA) is 54.4 Å². The molecule has 0 aliphatic heterocycles. The molecule has 1 aliphatic rings. The largest absolute Gasteiger partial charge is 0.481 e. The minimum Gasteiger partial charge on any atom is -0.481 e. The first kappa shape index (κ1) is 10.2. The molecule has 1 aromatic carbocycles. The van der Waals surface area contributed by atoms with Gasteiger partial charge in [-0.05, 0) is 18.6 Å². The van der Waals surface area contributed by atoms with Crippen LogP contribution in [0.4, 0.5) is 0 Å². The maximum Gasteiger partial charge on any atom is 0.307 e. The van der Waals surface area contributed by atoms with E-state index in [1.165, 1.54) is 0 Å². The Hall–Kier alpha value is -1.35. The molecule has 1 saturated carbocycles. The number of hydrogen-bond acceptors (Lipinski definition) is 2. The molecular formula is C11H9ClO3. The lowest BCUT2D eigenvalue weighted by Gasteiger charge is -1.99. The summed E-state index contributed by atoms with van der Waals surface area (Å²) in [5, 5.41) is 9.19. The molecule has 0 radical (unpaired) electrons. The maximum absolute atomic E-state index is 11.8. The molecule has 78 valence electrons. The predicted octanol–water partition coefficient (Wildman–Crippen LogP) is 2.24. The average Bonchev–Trinajstić information content (AvgIpc) is 2.96. The van der Waals surface area contributed by atoms with Gasteiger partial charge in [0.05, 0.1) is 5.92 Å². The van der Waals surface area contributed by atoms with Crippen LogP contribution in [0.1, 0.15) is 16.8 Å². The normalized spacial score (nSPS) is 23.5. The van der Waals surface area contributed by atoms with Crippen molar-refractivity contribution >= 4 is 23.4 Å². The summed E-state index contributed by atoms with van der Waals surface area (Å²) in [7, 11) is 0. The number of rotatable bonds is 3. The van der Waals surface area contributed by atoms with Gasteiger partial charge in [-0.25, -0.2) is 0 Å². The van der Waals surface area contributed by atoms with Crippen molar-refractivity contribution in [3.05, 3.63) is 34.9 Å². The Bertz CT molecular complexity index is 428. The molecule has 2 rings (SSSR count). The van der Waals surface area contributed by atoms with Crippen molar-refractivity contribution in [1.82, 2.24) is 0 Å². The Morgan fingerprint density at radius 2 is 2.07 bits per heavy atom. The summed E-state index contributed by atoms with van der Waals surface area (Å²) in [5.41, 5.74) is 0.497. The fourth-order valence-electron chi connectivity index (χ4n) is 1.61. The number of Topliss-reactive ketones (excluding diaryl/α,β-unsaturated/α-hetero) is 1. The van der Waals surface area contributed by atoms with Gasteiger partial charge in [-0.1, -0.05) is 23.7 Å². The first-order chi connectivity index (χ1) is 7.09. The molecule has 0 bridgehead atoms. The van der Waals surface area contributed by atoms with E-state index in [0.717, 1.165) is 0 Å². The Morgan fingerprint density at radius 1 is 1.33 bits per heavy atom. The van der Waals surface area contributed by atoms with E-state index < -0.39 is 11.9 Å². The second-order valence-electron chi connectivity index (χ2n) is 3.66. The smallest absolute Gasteiger partial charge is 0.307 e. The second kappa shape index (κ2) is 3.66. The van der Waals surface area contributed by atoms with E-state index in [-0.39, 0.29) is 11.7 Å². The first-order valence-corrected chi connectivity index (χ1v) is 5.00. The van der Waals surface area contributed by atoms with Crippen LogP contribution in [0.15, 0.2) is 24.3 Å². The molecule has 0 aromatic heterocycles. The van der Waals surface area contributed by atoms with Crippen molar-refractivity contribution in [2.75, 3.05) is 0 Å². The lowest BCUT2D eigenvalue weighted by molar-refractivity contribution is -0.138. The van der Waals surface area contributed by atoms with Gasteiger partial charge in [0.25, 0.3) is 0 Å². The molecule has 0 spiro atoms. The van der Waals surface area contributed by atoms with Crippen molar-refractivity contribution in [3.63, 3.8) is 0 Å². The van der Waals surface area contributed by atoms with Crippen LogP contribution in [0, 0.1) is 11.8 Å². The van der Waals surface area contributed by atoms with E-state index in [2.05, 4.69) is 0 Å². The van der Waals surface area contributed by atoms with Crippen LogP contribution in [0.5, 0.6) is 0 Å². The first-order valence-electron chi connectivity index (χ1n) is 4.62. The molecule has 0 heterocycles. The van der Waals surface area contributed by atoms with Crippen LogP contribution in [-0.2, 0) is 4.79 Å². The molecule has 1 aromatic rings. The SMILES string of the molecule is O=C(O)[C@H]1C[C@@H]1C(=O)c1cccc(Cl)c1. The molecule has 1 aliphatic carbocycles. The van der Waals surface area contributed by atoms with E-state index in [9.17, 15) is 9.59 Å². The van der Waals surface area contributed by atoms with Gasteiger partial charge in [-0.15, -0.1) is 0 Å². The molecule has 2 atom stereocenters. The van der Waals surface area contributed by atoms with Gasteiger partial charge in [0.1, 0.15) is 0 Å². The van der Waals surface area contributed by atoms with E-state index in [0.29, 0.717) is 17.0 Å². The van der Waals surface area contributed by atoms with Crippen LogP contribution in [0.2, 0.25) is 5.02 Å². The number of halogens is 1. The zero-order valence-electron chi connectivity index (χ0n) is 7.81. The minimum absolute atomic E-state index is 0.120. The van der Waals surface area contributed by atoms with Crippen LogP contribution >= 0.6 is 11.6 Å². The van der Waals surface area contributed by atoms with E-state index in [4.69, 9.17) is 16.7 Å². The highest BCUT2D eigenvalue weighted by Crippen LogP contribution is 2.41. The van der Waals surface area contributed by atoms with Gasteiger partial charge in [-0.3, -0.25) is 9.59 Å². The third-order valence-electron chi connectivity index (χ3n) is 2.55. The summed E-state index contributed by atoms with van der Waals surface area (Å²) < 4.78 is 0. The quantitative estimate of drug-likeness (QED) is 0.802. The van der Waals surface area contributed by atoms with Gasteiger partial charge in [0, 0.05) is 16.5 Å². The predicted molar refractivity (Wildman–Crippen MR) is 55.0 cm³/mol. The minimum atomic E-state index is -0.893. The monoisotopic (exact) mass is 224 g/mol. The van der Waals surface area contributed by atoms with Crippen molar-refractivity contribution in [2.24, 2.45) is 11.8 Å². The lowest BCUT2D eigenvalue weighted by atomic mass is 10.1. The summed E-state index contributed by atoms with van der Waals surface area (Å²) in [6, 6.07) is 6.60. The van der Waals surface area contributed by atoms with E-state index in [1.807, 2.05) is 0 Å². The summed E-state index contributed by atoms with van der Waals surface area (Å²) in [4.78, 5) is 22.3. The third kappa shape index (κ3) is 2.02. The number of benzene rings is 1. The standard InChI is InChI=1S/C11H9ClO3/c12-7-3-1-2-6(4-7)10(13)8-5-9(8)11(14)15/h1-4,8-9H,5H2,(H,14,15)/t8-,9-/m0/s1. The Morgan fingerprint density at radius 3 is 2.60 bits per heavy atom. The summed E-state index contributed by atoms with van der Waals surface area (Å²) in [6.45, 7) is 0. The van der Waals surface area contributed by atoms with Crippen LogP contribution in [-0.4, -0.2) is 16.9 Å². The van der Waals surface area contributed by atoms with Crippen molar-refractivity contribution < 1.29 is 14.7 Å². The number of aliphatic carboxylic acids is 1. The van der Waals surface area contributed by atoms with Gasteiger partial charge >= 0.3 is 5.97 Å². The van der Waals surface area contributed by atoms with Crippen LogP contribution < -0.4 is 0 Å². The number of ketones is 1. The van der Waals surface area contributed by atoms with Crippen LogP contribution in [0.3, 0.4) is 0 Å². The Labute approximate surface area is 91.7 Å². The molecular weight excluding hydrogens is 216 g/mol. The van der Waals surface area contributed by atoms with Gasteiger partial charge in [0.15, 0.2) is 5.78 Å². The van der Waals surface area contributed by atoms with E-state index in [1.54, 1.807) is 24.3 Å². The fraction of sp³-hybridized carbons (Fsp3) is 0.273. The zero-order chi connectivity index (χ0) is 11.0. The third-order valence-corrected chi connectivity index (χ3v) is 2.79. The summed E-state index contributed by atoms with van der Waals surface area (Å²) in [5.74, 6) is -1.88. The molecule has 15 heavy (non-hydrogen) atoms. The average molecular weight is 225 g/mol. The molecule has 3 nitrogen and oxygen atoms in total. The zero-order valence-corrected chi connectivity index (χ0v) is 8.57. The molecule has 4 heteroatoms. The van der Waals surface area contributed by atoms with Gasteiger partial charge in [0.2, 0.25) is 0 Å². The summed E-state index contributed by atoms with van der Waals surface area (Å²) >= 11 is 5.74. The second-order valence-corrected chi connectivity index (χ2v) is 4.10. The molecule has 1 fully saturated rings. The number of carboxylic acids is 1. The highest BCUT2D eigenvalue weighted by molar-refractivity contribution is 6.31. The Balaban J connectivity index is 2.13. The molecule has 0 unspecified atom stereocenters. The lowest BCUT2D eigenvalue weighted by Crippen LogP contribution is -2.08. The number of hydrogen-bond donors (Lipinski definition) is 1. The van der Waals surface area contributed by atoms with Crippen molar-refractivity contribution in [3.8, 4) is 0 Å². The maximum atomic E-state index is 11.8. The Kier molecular flexibility index (Phi) is 2.49.